The molecule has 0 atom stereocenters. The minimum Gasteiger partial charge on any atom is -0.478 e. The van der Waals surface area contributed by atoms with Crippen molar-refractivity contribution in [3.63, 3.8) is 0 Å². The molecule has 2 heterocycles. The number of nitrogens with one attached hydrogen (secondary N) is 1. The summed E-state index contributed by atoms with van der Waals surface area (Å²) in [6.45, 7) is 0. The van der Waals surface area contributed by atoms with Crippen molar-refractivity contribution in [1.29, 1.82) is 0 Å². The van der Waals surface area contributed by atoms with Crippen molar-refractivity contribution >= 4 is 35.0 Å². The van der Waals surface area contributed by atoms with Crippen LogP contribution in [0.5, 0.6) is 0 Å². The predicted molar refractivity (Wildman–Crippen MR) is 73.1 cm³/mol. The fraction of sp³-hybridized carbons (Fsp3) is 0. The number of carboxylic acids is 1. The molecular formula is C13H9FN2O3S. The van der Waals surface area contributed by atoms with Gasteiger partial charge in [-0.3, -0.25) is 9.78 Å². The van der Waals surface area contributed by atoms with Gasteiger partial charge in [0.1, 0.15) is 0 Å². The summed E-state index contributed by atoms with van der Waals surface area (Å²) in [4.78, 5) is 26.8. The van der Waals surface area contributed by atoms with E-state index in [4.69, 9.17) is 5.11 Å². The molecule has 0 saturated heterocycles. The lowest BCUT2D eigenvalue weighted by Gasteiger charge is -2.03. The van der Waals surface area contributed by atoms with E-state index >= 15 is 0 Å². The molecular weight excluding hydrogens is 283 g/mol. The third-order valence-corrected chi connectivity index (χ3v) is 3.31. The first kappa shape index (κ1) is 13.9. The largest absolute Gasteiger partial charge is 0.478 e. The smallest absolute Gasteiger partial charge is 0.328 e. The Kier molecular flexibility index (Phi) is 4.21. The zero-order valence-corrected chi connectivity index (χ0v) is 10.9. The Bertz CT molecular complexity index is 682. The zero-order chi connectivity index (χ0) is 14.5. The van der Waals surface area contributed by atoms with Gasteiger partial charge in [-0.2, -0.15) is 0 Å². The van der Waals surface area contributed by atoms with Gasteiger partial charge in [0, 0.05) is 17.2 Å². The number of aliphatic carboxylic acids is 1. The van der Waals surface area contributed by atoms with Crippen LogP contribution < -0.4 is 5.32 Å². The SMILES string of the molecule is O=C(O)/C=C/c1ccc(C(=O)Nc2ccncc2F)s1. The fourth-order valence-corrected chi connectivity index (χ4v) is 2.18. The Morgan fingerprint density at radius 3 is 2.85 bits per heavy atom. The number of hydrogen-bond donors (Lipinski definition) is 2. The molecule has 0 spiro atoms. The standard InChI is InChI=1S/C13H9FN2O3S/c14-9-7-15-6-5-10(9)16-13(19)11-3-1-8(20-11)2-4-12(17)18/h1-7H,(H,17,18)(H,15,16,19)/b4-2+. The maximum absolute atomic E-state index is 13.3. The number of hydrogen-bond acceptors (Lipinski definition) is 4. The number of aromatic nitrogens is 1. The van der Waals surface area contributed by atoms with E-state index in [1.54, 1.807) is 12.1 Å². The van der Waals surface area contributed by atoms with Crippen LogP contribution in [0.1, 0.15) is 14.5 Å². The molecule has 2 aromatic heterocycles. The monoisotopic (exact) mass is 292 g/mol. The quantitative estimate of drug-likeness (QED) is 0.849. The first-order chi connectivity index (χ1) is 9.56. The number of rotatable bonds is 4. The van der Waals surface area contributed by atoms with E-state index in [0.717, 1.165) is 23.6 Å². The highest BCUT2D eigenvalue weighted by Gasteiger charge is 2.11. The third kappa shape index (κ3) is 3.48. The molecule has 2 aromatic rings. The molecule has 0 saturated carbocycles. The minimum atomic E-state index is -1.07. The Hall–Kier alpha value is -2.54. The number of halogens is 1. The molecule has 102 valence electrons. The molecule has 2 N–H and O–H groups in total. The van der Waals surface area contributed by atoms with Crippen molar-refractivity contribution < 1.29 is 19.1 Å². The van der Waals surface area contributed by atoms with Gasteiger partial charge in [-0.05, 0) is 24.3 Å². The lowest BCUT2D eigenvalue weighted by Crippen LogP contribution is -2.11. The second-order valence-corrected chi connectivity index (χ2v) is 4.80. The fourth-order valence-electron chi connectivity index (χ4n) is 1.38. The molecule has 0 aromatic carbocycles. The number of pyridine rings is 1. The van der Waals surface area contributed by atoms with Crippen molar-refractivity contribution in [2.75, 3.05) is 5.32 Å². The van der Waals surface area contributed by atoms with Crippen molar-refractivity contribution in [3.05, 3.63) is 52.2 Å². The van der Waals surface area contributed by atoms with Crippen molar-refractivity contribution in [3.8, 4) is 0 Å². The first-order valence-corrected chi connectivity index (χ1v) is 6.29. The van der Waals surface area contributed by atoms with E-state index in [1.165, 1.54) is 18.3 Å². The highest BCUT2D eigenvalue weighted by atomic mass is 32.1. The summed E-state index contributed by atoms with van der Waals surface area (Å²) in [5.74, 6) is -2.15. The lowest BCUT2D eigenvalue weighted by molar-refractivity contribution is -0.131. The minimum absolute atomic E-state index is 0.0426. The summed E-state index contributed by atoms with van der Waals surface area (Å²) in [5, 5.41) is 10.9. The highest BCUT2D eigenvalue weighted by Crippen LogP contribution is 2.20. The van der Waals surface area contributed by atoms with Crippen LogP contribution in [0.3, 0.4) is 0 Å². The van der Waals surface area contributed by atoms with Gasteiger partial charge in [-0.25, -0.2) is 9.18 Å². The van der Waals surface area contributed by atoms with E-state index in [9.17, 15) is 14.0 Å². The normalized spacial score (nSPS) is 10.7. The molecule has 0 fully saturated rings. The van der Waals surface area contributed by atoms with Gasteiger partial charge < -0.3 is 10.4 Å². The number of carbonyl (C=O) groups is 2. The maximum atomic E-state index is 13.3. The second-order valence-electron chi connectivity index (χ2n) is 3.68. The van der Waals surface area contributed by atoms with Crippen LogP contribution in [0, 0.1) is 5.82 Å². The van der Waals surface area contributed by atoms with Gasteiger partial charge in [0.15, 0.2) is 5.82 Å². The Labute approximate surface area is 117 Å². The van der Waals surface area contributed by atoms with Gasteiger partial charge in [0.25, 0.3) is 5.91 Å². The predicted octanol–water partition coefficient (Wildman–Crippen LogP) is 2.63. The first-order valence-electron chi connectivity index (χ1n) is 5.48. The lowest BCUT2D eigenvalue weighted by atomic mass is 10.3. The summed E-state index contributed by atoms with van der Waals surface area (Å²) in [6, 6.07) is 4.51. The number of amides is 1. The molecule has 0 aliphatic heterocycles. The van der Waals surface area contributed by atoms with Crippen molar-refractivity contribution in [2.45, 2.75) is 0 Å². The average molecular weight is 292 g/mol. The number of thiophene rings is 1. The van der Waals surface area contributed by atoms with Crippen LogP contribution in [-0.2, 0) is 4.79 Å². The molecule has 20 heavy (non-hydrogen) atoms. The Morgan fingerprint density at radius 1 is 1.35 bits per heavy atom. The topological polar surface area (TPSA) is 79.3 Å². The molecule has 1 amide bonds. The van der Waals surface area contributed by atoms with E-state index in [1.807, 2.05) is 0 Å². The van der Waals surface area contributed by atoms with Gasteiger partial charge in [0.2, 0.25) is 0 Å². The molecule has 5 nitrogen and oxygen atoms in total. The Balaban J connectivity index is 2.10. The van der Waals surface area contributed by atoms with Crippen LogP contribution in [0.2, 0.25) is 0 Å². The summed E-state index contributed by atoms with van der Waals surface area (Å²) < 4.78 is 13.3. The summed E-state index contributed by atoms with van der Waals surface area (Å²) in [6.07, 6.45) is 4.74. The highest BCUT2D eigenvalue weighted by molar-refractivity contribution is 7.15. The summed E-state index contributed by atoms with van der Waals surface area (Å²) >= 11 is 1.11. The zero-order valence-electron chi connectivity index (χ0n) is 10.0. The van der Waals surface area contributed by atoms with Gasteiger partial charge in [0.05, 0.1) is 16.8 Å². The van der Waals surface area contributed by atoms with Crippen LogP contribution in [0.15, 0.2) is 36.7 Å². The maximum Gasteiger partial charge on any atom is 0.328 e. The van der Waals surface area contributed by atoms with Crippen LogP contribution in [0.25, 0.3) is 6.08 Å². The number of carbonyl (C=O) groups excluding carboxylic acids is 1. The molecule has 2 rings (SSSR count). The van der Waals surface area contributed by atoms with Gasteiger partial charge in [-0.15, -0.1) is 11.3 Å². The summed E-state index contributed by atoms with van der Waals surface area (Å²) in [7, 11) is 0. The van der Waals surface area contributed by atoms with E-state index in [0.29, 0.717) is 9.75 Å². The second kappa shape index (κ2) is 6.07. The molecule has 0 bridgehead atoms. The molecule has 0 unspecified atom stereocenters. The van der Waals surface area contributed by atoms with Gasteiger partial charge in [-0.1, -0.05) is 0 Å². The van der Waals surface area contributed by atoms with Crippen LogP contribution >= 0.6 is 11.3 Å². The van der Waals surface area contributed by atoms with Gasteiger partial charge >= 0.3 is 5.97 Å². The summed E-state index contributed by atoms with van der Waals surface area (Å²) in [5.41, 5.74) is 0.0426. The molecule has 7 heteroatoms. The molecule has 0 aliphatic carbocycles. The Morgan fingerprint density at radius 2 is 2.15 bits per heavy atom. The van der Waals surface area contributed by atoms with Crippen molar-refractivity contribution in [1.82, 2.24) is 4.98 Å². The third-order valence-electron chi connectivity index (χ3n) is 2.26. The number of anilines is 1. The van der Waals surface area contributed by atoms with E-state index in [-0.39, 0.29) is 5.69 Å². The van der Waals surface area contributed by atoms with E-state index < -0.39 is 17.7 Å². The molecule has 0 radical (unpaired) electrons. The van der Waals surface area contributed by atoms with E-state index in [2.05, 4.69) is 10.3 Å². The van der Waals surface area contributed by atoms with Crippen LogP contribution in [0.4, 0.5) is 10.1 Å². The number of carboxylic acid groups (broad SMARTS) is 1. The van der Waals surface area contributed by atoms with Crippen LogP contribution in [-0.4, -0.2) is 22.0 Å². The average Bonchev–Trinajstić information content (AvgIpc) is 2.88. The molecule has 0 aliphatic rings. The van der Waals surface area contributed by atoms with Crippen molar-refractivity contribution in [2.24, 2.45) is 0 Å². The number of nitrogens with zero attached hydrogens (tertiary/aromatic N) is 1.